The molecule has 33 heavy (non-hydrogen) atoms. The Hall–Kier alpha value is -3.66. The van der Waals surface area contributed by atoms with Gasteiger partial charge in [-0.25, -0.2) is 4.39 Å². The van der Waals surface area contributed by atoms with Crippen LogP contribution < -0.4 is 0 Å². The van der Waals surface area contributed by atoms with Crippen LogP contribution in [0.2, 0.25) is 0 Å². The second kappa shape index (κ2) is 8.36. The zero-order valence-corrected chi connectivity index (χ0v) is 18.4. The summed E-state index contributed by atoms with van der Waals surface area (Å²) in [4.78, 5) is 10.3. The number of halogens is 1. The van der Waals surface area contributed by atoms with Gasteiger partial charge in [0, 0.05) is 54.8 Å². The van der Waals surface area contributed by atoms with Gasteiger partial charge in [-0.05, 0) is 71.5 Å². The Morgan fingerprint density at radius 1 is 0.909 bits per heavy atom. The van der Waals surface area contributed by atoms with E-state index in [1.165, 1.54) is 34.5 Å². The molecule has 0 bridgehead atoms. The Morgan fingerprint density at radius 2 is 1.70 bits per heavy atom. The first-order chi connectivity index (χ1) is 16.3. The van der Waals surface area contributed by atoms with Gasteiger partial charge < -0.3 is 9.88 Å². The van der Waals surface area contributed by atoms with Crippen molar-refractivity contribution in [3.8, 4) is 22.4 Å². The largest absolute Gasteiger partial charge is 0.374 e. The quantitative estimate of drug-likeness (QED) is 0.385. The molecule has 2 aromatic carbocycles. The molecule has 2 aromatic heterocycles. The molecule has 3 nitrogen and oxygen atoms in total. The molecule has 164 valence electrons. The number of hydrogen-bond donors (Lipinski definition) is 1. The molecular formula is C29H26FN3. The molecule has 6 rings (SSSR count). The van der Waals surface area contributed by atoms with Crippen molar-refractivity contribution in [3.63, 3.8) is 0 Å². The van der Waals surface area contributed by atoms with Gasteiger partial charge in [0.2, 0.25) is 0 Å². The molecule has 1 saturated heterocycles. The number of nitrogens with one attached hydrogen (secondary N) is 1. The summed E-state index contributed by atoms with van der Waals surface area (Å²) in [5.41, 5.74) is 8.55. The lowest BCUT2D eigenvalue weighted by Crippen LogP contribution is -2.25. The van der Waals surface area contributed by atoms with Crippen molar-refractivity contribution in [2.24, 2.45) is 0 Å². The number of aromatic nitrogens is 2. The minimum atomic E-state index is -0.220. The lowest BCUT2D eigenvalue weighted by atomic mass is 9.87. The van der Waals surface area contributed by atoms with Crippen molar-refractivity contribution in [1.29, 1.82) is 0 Å². The van der Waals surface area contributed by atoms with Gasteiger partial charge in [0.1, 0.15) is 5.82 Å². The Kier molecular flexibility index (Phi) is 5.06. The average molecular weight is 436 g/mol. The molecule has 2 aliphatic rings. The summed E-state index contributed by atoms with van der Waals surface area (Å²) < 4.78 is 13.6. The number of nitrogens with zero attached hydrogens (tertiary/aromatic N) is 2. The van der Waals surface area contributed by atoms with E-state index < -0.39 is 0 Å². The number of allylic oxidation sites excluding steroid dienone is 2. The number of fused-ring (bicyclic) bond motifs is 1. The van der Waals surface area contributed by atoms with Crippen molar-refractivity contribution in [2.75, 3.05) is 13.1 Å². The number of H-pyrrole nitrogens is 1. The first-order valence-corrected chi connectivity index (χ1v) is 11.6. The molecule has 4 aromatic rings. The number of aromatic amines is 1. The molecule has 4 heterocycles. The lowest BCUT2D eigenvalue weighted by molar-refractivity contribution is 0.349. The van der Waals surface area contributed by atoms with E-state index >= 15 is 0 Å². The summed E-state index contributed by atoms with van der Waals surface area (Å²) in [5, 5.41) is 0. The average Bonchev–Trinajstić information content (AvgIpc) is 3.50. The molecule has 1 N–H and O–H groups in total. The summed E-state index contributed by atoms with van der Waals surface area (Å²) in [5.74, 6) is 0.693. The minimum Gasteiger partial charge on any atom is -0.374 e. The van der Waals surface area contributed by atoms with E-state index in [0.717, 1.165) is 42.8 Å². The van der Waals surface area contributed by atoms with Gasteiger partial charge in [-0.3, -0.25) is 4.98 Å². The normalized spacial score (nSPS) is 19.9. The summed E-state index contributed by atoms with van der Waals surface area (Å²) in [6, 6.07) is 21.7. The number of hydrogen-bond acceptors (Lipinski definition) is 2. The molecule has 0 amide bonds. The van der Waals surface area contributed by atoms with Gasteiger partial charge >= 0.3 is 0 Å². The van der Waals surface area contributed by atoms with E-state index in [0.29, 0.717) is 11.8 Å². The lowest BCUT2D eigenvalue weighted by Gasteiger charge is -2.29. The summed E-state index contributed by atoms with van der Waals surface area (Å²) in [6.07, 6.45) is 10.5. The highest BCUT2D eigenvalue weighted by atomic mass is 19.1. The van der Waals surface area contributed by atoms with Crippen molar-refractivity contribution in [2.45, 2.75) is 24.7 Å². The monoisotopic (exact) mass is 435 g/mol. The second-order valence-electron chi connectivity index (χ2n) is 9.05. The molecule has 4 heteroatoms. The van der Waals surface area contributed by atoms with Crippen molar-refractivity contribution < 1.29 is 4.39 Å². The van der Waals surface area contributed by atoms with Gasteiger partial charge in [-0.15, -0.1) is 0 Å². The van der Waals surface area contributed by atoms with Crippen LogP contribution in [0.1, 0.15) is 35.8 Å². The van der Waals surface area contributed by atoms with E-state index in [1.54, 1.807) is 0 Å². The van der Waals surface area contributed by atoms with Gasteiger partial charge in [0.15, 0.2) is 0 Å². The standard InChI is InChI=1S/C29H26FN3/c30-25-8-6-22(7-9-25)29-28(21-10-13-31-14-11-21)27(18-32-29)23-12-15-33-19-24(17-26(33)16-23)20-4-2-1-3-5-20/h1-11,13-14,16,18,23-24,32H,12,15,17,19H2/t23?,24-/m0/s1. The van der Waals surface area contributed by atoms with E-state index in [9.17, 15) is 4.39 Å². The van der Waals surface area contributed by atoms with Crippen molar-refractivity contribution in [3.05, 3.63) is 114 Å². The topological polar surface area (TPSA) is 31.9 Å². The summed E-state index contributed by atoms with van der Waals surface area (Å²) in [7, 11) is 0. The van der Waals surface area contributed by atoms with Crippen LogP contribution in [0.4, 0.5) is 4.39 Å². The van der Waals surface area contributed by atoms with Crippen LogP contribution in [-0.2, 0) is 0 Å². The molecular weight excluding hydrogens is 409 g/mol. The third kappa shape index (κ3) is 3.76. The Labute approximate surface area is 193 Å². The highest BCUT2D eigenvalue weighted by molar-refractivity contribution is 5.84. The maximum Gasteiger partial charge on any atom is 0.123 e. The van der Waals surface area contributed by atoms with Crippen LogP contribution in [0.5, 0.6) is 0 Å². The van der Waals surface area contributed by atoms with Crippen LogP contribution in [0.3, 0.4) is 0 Å². The highest BCUT2D eigenvalue weighted by Crippen LogP contribution is 2.44. The van der Waals surface area contributed by atoms with E-state index in [2.05, 4.69) is 69.6 Å². The molecule has 0 saturated carbocycles. The molecule has 0 spiro atoms. The molecule has 0 radical (unpaired) electrons. The Balaban J connectivity index is 1.38. The van der Waals surface area contributed by atoms with Crippen LogP contribution >= 0.6 is 0 Å². The molecule has 1 unspecified atom stereocenters. The van der Waals surface area contributed by atoms with E-state index in [4.69, 9.17) is 0 Å². The molecule has 2 atom stereocenters. The van der Waals surface area contributed by atoms with Crippen LogP contribution in [0.25, 0.3) is 22.4 Å². The fourth-order valence-corrected chi connectivity index (χ4v) is 5.45. The fraction of sp³-hybridized carbons (Fsp3) is 0.207. The van der Waals surface area contributed by atoms with E-state index in [1.807, 2.05) is 24.5 Å². The number of pyridine rings is 1. The number of rotatable bonds is 4. The van der Waals surface area contributed by atoms with Gasteiger partial charge in [0.05, 0.1) is 5.69 Å². The predicted octanol–water partition coefficient (Wildman–Crippen LogP) is 6.74. The van der Waals surface area contributed by atoms with Gasteiger partial charge in [-0.1, -0.05) is 36.4 Å². The predicted molar refractivity (Wildman–Crippen MR) is 130 cm³/mol. The minimum absolute atomic E-state index is 0.220. The Bertz CT molecular complexity index is 1280. The Morgan fingerprint density at radius 3 is 2.48 bits per heavy atom. The van der Waals surface area contributed by atoms with Gasteiger partial charge in [-0.2, -0.15) is 0 Å². The first-order valence-electron chi connectivity index (χ1n) is 11.6. The molecule has 0 aliphatic carbocycles. The third-order valence-corrected chi connectivity index (χ3v) is 7.09. The number of benzene rings is 2. The second-order valence-corrected chi connectivity index (χ2v) is 9.05. The maximum atomic E-state index is 13.6. The fourth-order valence-electron chi connectivity index (χ4n) is 5.45. The third-order valence-electron chi connectivity index (χ3n) is 7.09. The maximum absolute atomic E-state index is 13.6. The summed E-state index contributed by atoms with van der Waals surface area (Å²) in [6.45, 7) is 2.18. The van der Waals surface area contributed by atoms with Crippen LogP contribution in [0, 0.1) is 5.82 Å². The van der Waals surface area contributed by atoms with Crippen molar-refractivity contribution in [1.82, 2.24) is 14.9 Å². The summed E-state index contributed by atoms with van der Waals surface area (Å²) >= 11 is 0. The van der Waals surface area contributed by atoms with Crippen LogP contribution in [-0.4, -0.2) is 28.0 Å². The molecule has 1 fully saturated rings. The van der Waals surface area contributed by atoms with Gasteiger partial charge in [0.25, 0.3) is 0 Å². The highest BCUT2D eigenvalue weighted by Gasteiger charge is 2.32. The zero-order chi connectivity index (χ0) is 22.2. The zero-order valence-electron chi connectivity index (χ0n) is 18.4. The first kappa shape index (κ1) is 20.0. The van der Waals surface area contributed by atoms with Crippen LogP contribution in [0.15, 0.2) is 97.1 Å². The van der Waals surface area contributed by atoms with Crippen molar-refractivity contribution >= 4 is 0 Å². The molecule has 2 aliphatic heterocycles. The smallest absolute Gasteiger partial charge is 0.123 e. The van der Waals surface area contributed by atoms with E-state index in [-0.39, 0.29) is 5.82 Å². The SMILES string of the molecule is Fc1ccc(-c2[nH]cc(C3C=C4C[C@H](c5ccccc5)CN4CC3)c2-c2ccncc2)cc1.